The largest absolute Gasteiger partial charge is 0.388 e. The third-order valence-electron chi connectivity index (χ3n) is 3.19. The lowest BCUT2D eigenvalue weighted by atomic mass is 10.1. The highest BCUT2D eigenvalue weighted by Crippen LogP contribution is 2.25. The summed E-state index contributed by atoms with van der Waals surface area (Å²) < 4.78 is 0. The van der Waals surface area contributed by atoms with Crippen molar-refractivity contribution in [1.82, 2.24) is 5.32 Å². The van der Waals surface area contributed by atoms with Crippen LogP contribution in [0.1, 0.15) is 16.7 Å². The zero-order valence-corrected chi connectivity index (χ0v) is 13.6. The van der Waals surface area contributed by atoms with Gasteiger partial charge in [0.1, 0.15) is 0 Å². The van der Waals surface area contributed by atoms with E-state index in [1.807, 2.05) is 44.3 Å². The number of rotatable bonds is 5. The second-order valence-corrected chi connectivity index (χ2v) is 5.76. The van der Waals surface area contributed by atoms with Crippen LogP contribution in [0.2, 0.25) is 10.0 Å². The van der Waals surface area contributed by atoms with Crippen LogP contribution in [0, 0.1) is 6.92 Å². The molecule has 110 valence electrons. The zero-order chi connectivity index (χ0) is 15.4. The third-order valence-corrected chi connectivity index (χ3v) is 3.74. The van der Waals surface area contributed by atoms with Crippen LogP contribution >= 0.6 is 23.2 Å². The summed E-state index contributed by atoms with van der Waals surface area (Å²) in [7, 11) is 1.83. The van der Waals surface area contributed by atoms with E-state index in [1.165, 1.54) is 0 Å². The van der Waals surface area contributed by atoms with Crippen molar-refractivity contribution in [3.63, 3.8) is 0 Å². The van der Waals surface area contributed by atoms with E-state index < -0.39 is 0 Å². The number of anilines is 1. The molecule has 0 spiro atoms. The van der Waals surface area contributed by atoms with E-state index >= 15 is 0 Å². The number of benzene rings is 2. The summed E-state index contributed by atoms with van der Waals surface area (Å²) in [5.74, 6) is 0. The van der Waals surface area contributed by atoms with E-state index in [1.54, 1.807) is 0 Å². The topological polar surface area (TPSA) is 24.1 Å². The molecule has 2 rings (SSSR count). The van der Waals surface area contributed by atoms with Gasteiger partial charge in [0.15, 0.2) is 0 Å². The van der Waals surface area contributed by atoms with Crippen molar-refractivity contribution in [2.45, 2.75) is 13.5 Å². The average molecular weight is 321 g/mol. The normalized spacial score (nSPS) is 10.3. The summed E-state index contributed by atoms with van der Waals surface area (Å²) in [6.07, 6.45) is 0. The molecule has 2 nitrogen and oxygen atoms in total. The Balaban J connectivity index is 2.15. The second kappa shape index (κ2) is 6.88. The highest BCUT2D eigenvalue weighted by atomic mass is 35.5. The molecule has 0 heterocycles. The SMILES string of the molecule is C=C(NC)c1cc(NCc2cc(C)cc(Cl)c2)ccc1Cl. The van der Waals surface area contributed by atoms with Gasteiger partial charge >= 0.3 is 0 Å². The highest BCUT2D eigenvalue weighted by Gasteiger charge is 2.05. The predicted molar refractivity (Wildman–Crippen MR) is 93.1 cm³/mol. The van der Waals surface area contributed by atoms with Gasteiger partial charge in [-0.25, -0.2) is 0 Å². The molecule has 0 amide bonds. The van der Waals surface area contributed by atoms with E-state index in [0.29, 0.717) is 11.6 Å². The summed E-state index contributed by atoms with van der Waals surface area (Å²) >= 11 is 12.3. The van der Waals surface area contributed by atoms with Crippen LogP contribution in [0.5, 0.6) is 0 Å². The van der Waals surface area contributed by atoms with E-state index in [0.717, 1.165) is 33.1 Å². The van der Waals surface area contributed by atoms with Gasteiger partial charge in [-0.05, 0) is 48.4 Å². The minimum absolute atomic E-state index is 0.679. The lowest BCUT2D eigenvalue weighted by molar-refractivity contribution is 1.12. The van der Waals surface area contributed by atoms with Gasteiger partial charge in [-0.3, -0.25) is 0 Å². The van der Waals surface area contributed by atoms with Crippen molar-refractivity contribution in [3.05, 3.63) is 69.7 Å². The van der Waals surface area contributed by atoms with Crippen LogP contribution < -0.4 is 10.6 Å². The Hall–Kier alpha value is -1.64. The van der Waals surface area contributed by atoms with Crippen molar-refractivity contribution < 1.29 is 0 Å². The Morgan fingerprint density at radius 3 is 2.57 bits per heavy atom. The minimum Gasteiger partial charge on any atom is -0.388 e. The highest BCUT2D eigenvalue weighted by molar-refractivity contribution is 6.32. The Morgan fingerprint density at radius 2 is 1.90 bits per heavy atom. The number of hydrogen-bond donors (Lipinski definition) is 2. The van der Waals surface area contributed by atoms with Crippen LogP contribution in [0.25, 0.3) is 5.70 Å². The Bertz CT molecular complexity index is 646. The first-order valence-electron chi connectivity index (χ1n) is 6.66. The molecule has 2 aromatic carbocycles. The molecule has 4 heteroatoms. The fourth-order valence-corrected chi connectivity index (χ4v) is 2.66. The Labute approximate surface area is 135 Å². The molecule has 0 saturated heterocycles. The van der Waals surface area contributed by atoms with Crippen LogP contribution in [0.4, 0.5) is 5.69 Å². The maximum absolute atomic E-state index is 6.18. The molecule has 2 aromatic rings. The summed E-state index contributed by atoms with van der Waals surface area (Å²) in [4.78, 5) is 0. The number of aryl methyl sites for hydroxylation is 1. The second-order valence-electron chi connectivity index (χ2n) is 4.91. The van der Waals surface area contributed by atoms with Crippen LogP contribution in [-0.4, -0.2) is 7.05 Å². The number of halogens is 2. The van der Waals surface area contributed by atoms with E-state index in [-0.39, 0.29) is 0 Å². The minimum atomic E-state index is 0.679. The molecule has 0 atom stereocenters. The quantitative estimate of drug-likeness (QED) is 0.800. The molecule has 0 aromatic heterocycles. The van der Waals surface area contributed by atoms with Gasteiger partial charge in [0.25, 0.3) is 0 Å². The van der Waals surface area contributed by atoms with Crippen LogP contribution in [-0.2, 0) is 6.54 Å². The first-order chi connectivity index (χ1) is 9.99. The molecule has 0 bridgehead atoms. The van der Waals surface area contributed by atoms with Gasteiger partial charge < -0.3 is 10.6 Å². The molecule has 0 radical (unpaired) electrons. The number of nitrogens with one attached hydrogen (secondary N) is 2. The molecule has 0 fully saturated rings. The zero-order valence-electron chi connectivity index (χ0n) is 12.1. The summed E-state index contributed by atoms with van der Waals surface area (Å²) in [6.45, 7) is 6.68. The first kappa shape index (κ1) is 15.7. The molecule has 0 saturated carbocycles. The third kappa shape index (κ3) is 4.16. The maximum Gasteiger partial charge on any atom is 0.0500 e. The van der Waals surface area contributed by atoms with Crippen molar-refractivity contribution >= 4 is 34.6 Å². The summed E-state index contributed by atoms with van der Waals surface area (Å²) in [6, 6.07) is 11.8. The molecule has 21 heavy (non-hydrogen) atoms. The maximum atomic E-state index is 6.18. The fraction of sp³-hybridized carbons (Fsp3) is 0.176. The van der Waals surface area contributed by atoms with E-state index in [9.17, 15) is 0 Å². The van der Waals surface area contributed by atoms with Gasteiger partial charge in [-0.15, -0.1) is 0 Å². The smallest absolute Gasteiger partial charge is 0.0500 e. The fourth-order valence-electron chi connectivity index (χ4n) is 2.12. The molecule has 0 aliphatic rings. The lowest BCUT2D eigenvalue weighted by Crippen LogP contribution is -2.05. The molecule has 2 N–H and O–H groups in total. The Morgan fingerprint density at radius 1 is 1.14 bits per heavy atom. The van der Waals surface area contributed by atoms with E-state index in [4.69, 9.17) is 23.2 Å². The van der Waals surface area contributed by atoms with E-state index in [2.05, 4.69) is 23.3 Å². The number of hydrogen-bond acceptors (Lipinski definition) is 2. The molecule has 0 aliphatic carbocycles. The van der Waals surface area contributed by atoms with Crippen LogP contribution in [0.15, 0.2) is 43.0 Å². The molecule has 0 unspecified atom stereocenters. The average Bonchev–Trinajstić information content (AvgIpc) is 2.44. The summed E-state index contributed by atoms with van der Waals surface area (Å²) in [5, 5.41) is 7.83. The first-order valence-corrected chi connectivity index (χ1v) is 7.41. The van der Waals surface area contributed by atoms with Gasteiger partial charge in [0.05, 0.1) is 0 Å². The van der Waals surface area contributed by atoms with Gasteiger partial charge in [0.2, 0.25) is 0 Å². The van der Waals surface area contributed by atoms with Gasteiger partial charge in [0, 0.05) is 40.6 Å². The van der Waals surface area contributed by atoms with Gasteiger partial charge in [-0.1, -0.05) is 35.8 Å². The van der Waals surface area contributed by atoms with Crippen molar-refractivity contribution in [1.29, 1.82) is 0 Å². The molecular weight excluding hydrogens is 303 g/mol. The molecule has 0 aliphatic heterocycles. The van der Waals surface area contributed by atoms with Crippen LogP contribution in [0.3, 0.4) is 0 Å². The predicted octanol–water partition coefficient (Wildman–Crippen LogP) is 5.10. The van der Waals surface area contributed by atoms with Gasteiger partial charge in [-0.2, -0.15) is 0 Å². The summed E-state index contributed by atoms with van der Waals surface area (Å²) in [5.41, 5.74) is 4.97. The van der Waals surface area contributed by atoms with Crippen molar-refractivity contribution in [2.75, 3.05) is 12.4 Å². The standard InChI is InChI=1S/C17H18Cl2N2/c1-11-6-13(8-14(18)7-11)10-21-15-4-5-17(19)16(9-15)12(2)20-3/h4-9,20-21H,2,10H2,1,3H3. The van der Waals surface area contributed by atoms with Crippen molar-refractivity contribution in [2.24, 2.45) is 0 Å². The monoisotopic (exact) mass is 320 g/mol. The molecular formula is C17H18Cl2N2. The van der Waals surface area contributed by atoms with Crippen molar-refractivity contribution in [3.8, 4) is 0 Å². The lowest BCUT2D eigenvalue weighted by Gasteiger charge is -2.12. The Kier molecular flexibility index (Phi) is 5.16.